The summed E-state index contributed by atoms with van der Waals surface area (Å²) < 4.78 is 0. The summed E-state index contributed by atoms with van der Waals surface area (Å²) in [4.78, 5) is 23.5. The molecule has 0 aliphatic heterocycles. The molecule has 0 aromatic rings. The Hall–Kier alpha value is -1.52. The number of ketones is 1. The van der Waals surface area contributed by atoms with E-state index < -0.39 is 12.0 Å². The molecule has 0 fully saturated rings. The number of aliphatic carboxylic acids is 1. The predicted octanol–water partition coefficient (Wildman–Crippen LogP) is -0.562. The zero-order valence-corrected chi connectivity index (χ0v) is 7.01. The lowest BCUT2D eigenvalue weighted by molar-refractivity contribution is -0.138. The van der Waals surface area contributed by atoms with Gasteiger partial charge in [-0.3, -0.25) is 9.59 Å². The van der Waals surface area contributed by atoms with Crippen molar-refractivity contribution < 1.29 is 19.5 Å². The molecule has 0 rings (SSSR count). The molecule has 0 saturated heterocycles. The van der Waals surface area contributed by atoms with Crippen LogP contribution < -0.4 is 5.73 Å². The van der Waals surface area contributed by atoms with Crippen LogP contribution in [-0.4, -0.2) is 33.9 Å². The summed E-state index contributed by atoms with van der Waals surface area (Å²) >= 11 is 0. The molecule has 0 aromatic heterocycles. The highest BCUT2D eigenvalue weighted by Gasteiger charge is 2.11. The maximum Gasteiger partial charge on any atom is 0.323 e. The van der Waals surface area contributed by atoms with Crippen molar-refractivity contribution in [2.24, 2.45) is 5.73 Å². The Labute approximate surface area is 75.0 Å². The number of hydrogen-bond acceptors (Lipinski definition) is 3. The number of nitrogens with zero attached hydrogens (tertiary/aromatic N) is 2. The van der Waals surface area contributed by atoms with Crippen molar-refractivity contribution in [3.63, 3.8) is 0 Å². The largest absolute Gasteiger partial charge is 0.480 e. The van der Waals surface area contributed by atoms with Crippen LogP contribution in [0.4, 0.5) is 0 Å². The van der Waals surface area contributed by atoms with Gasteiger partial charge in [0.2, 0.25) is 5.78 Å². The number of rotatable bonds is 6. The highest BCUT2D eigenvalue weighted by atomic mass is 16.4. The number of carbonyl (C=O) groups is 2. The molecular formula is C7H11N3O3. The van der Waals surface area contributed by atoms with Gasteiger partial charge in [0.25, 0.3) is 0 Å². The Morgan fingerprint density at radius 1 is 1.62 bits per heavy atom. The van der Waals surface area contributed by atoms with Crippen molar-refractivity contribution in [2.45, 2.75) is 25.3 Å². The number of hydrogen-bond donors (Lipinski definition) is 2. The molecule has 3 N–H and O–H groups in total. The quantitative estimate of drug-likeness (QED) is 0.327. The minimum Gasteiger partial charge on any atom is -0.480 e. The van der Waals surface area contributed by atoms with Crippen LogP contribution in [0.5, 0.6) is 0 Å². The summed E-state index contributed by atoms with van der Waals surface area (Å²) in [5.41, 5.74) is 13.1. The zero-order valence-electron chi connectivity index (χ0n) is 7.01. The molecule has 0 bridgehead atoms. The van der Waals surface area contributed by atoms with E-state index in [1.54, 1.807) is 0 Å². The monoisotopic (exact) mass is 185 g/mol. The molecule has 6 heteroatoms. The van der Waals surface area contributed by atoms with Gasteiger partial charge < -0.3 is 16.4 Å². The van der Waals surface area contributed by atoms with Gasteiger partial charge in [-0.15, -0.1) is 0 Å². The first-order chi connectivity index (χ1) is 6.07. The summed E-state index contributed by atoms with van der Waals surface area (Å²) in [6, 6.07) is -0.932. The lowest BCUT2D eigenvalue weighted by Gasteiger charge is -2.02. The Morgan fingerprint density at radius 2 is 2.23 bits per heavy atom. The summed E-state index contributed by atoms with van der Waals surface area (Å²) in [6.45, 7) is 0. The maximum atomic E-state index is 10.7. The van der Waals surface area contributed by atoms with Gasteiger partial charge in [-0.25, -0.2) is 0 Å². The van der Waals surface area contributed by atoms with Crippen molar-refractivity contribution in [3.8, 4) is 0 Å². The second-order valence-corrected chi connectivity index (χ2v) is 2.55. The van der Waals surface area contributed by atoms with Gasteiger partial charge in [-0.1, -0.05) is 0 Å². The topological polar surface area (TPSA) is 117 Å². The van der Waals surface area contributed by atoms with Crippen LogP contribution in [0.3, 0.4) is 0 Å². The fraction of sp³-hybridized carbons (Fsp3) is 0.571. The molecule has 0 heterocycles. The van der Waals surface area contributed by atoms with E-state index in [1.807, 2.05) is 0 Å². The minimum atomic E-state index is -1.08. The van der Waals surface area contributed by atoms with Crippen molar-refractivity contribution in [1.82, 2.24) is 0 Å². The van der Waals surface area contributed by atoms with Crippen LogP contribution in [0.1, 0.15) is 19.3 Å². The van der Waals surface area contributed by atoms with Crippen molar-refractivity contribution in [3.05, 3.63) is 5.53 Å². The molecule has 6 nitrogen and oxygen atoms in total. The molecule has 0 radical (unpaired) electrons. The molecule has 0 spiro atoms. The van der Waals surface area contributed by atoms with Gasteiger partial charge in [0.05, 0.1) is 0 Å². The molecule has 0 saturated carbocycles. The highest BCUT2D eigenvalue weighted by Crippen LogP contribution is 1.98. The number of Topliss-reactive ketones (excluding diaryl/α,β-unsaturated/α-hetero) is 1. The van der Waals surface area contributed by atoms with E-state index in [9.17, 15) is 9.59 Å². The average molecular weight is 185 g/mol. The molecular weight excluding hydrogens is 174 g/mol. The van der Waals surface area contributed by atoms with E-state index in [1.165, 1.54) is 0 Å². The van der Waals surface area contributed by atoms with E-state index in [-0.39, 0.29) is 18.6 Å². The van der Waals surface area contributed by atoms with Crippen molar-refractivity contribution >= 4 is 18.0 Å². The molecule has 1 atom stereocenters. The first-order valence-electron chi connectivity index (χ1n) is 3.76. The third kappa shape index (κ3) is 5.72. The van der Waals surface area contributed by atoms with Gasteiger partial charge in [0.1, 0.15) is 6.04 Å². The molecule has 0 amide bonds. The van der Waals surface area contributed by atoms with E-state index in [2.05, 4.69) is 4.79 Å². The Kier molecular flexibility index (Phi) is 5.34. The summed E-state index contributed by atoms with van der Waals surface area (Å²) in [5, 5.41) is 8.37. The second-order valence-electron chi connectivity index (χ2n) is 2.55. The predicted molar refractivity (Wildman–Crippen MR) is 44.2 cm³/mol. The number of carboxylic acid groups (broad SMARTS) is 1. The zero-order chi connectivity index (χ0) is 10.3. The van der Waals surface area contributed by atoms with Crippen molar-refractivity contribution in [1.29, 1.82) is 0 Å². The molecule has 0 aliphatic rings. The van der Waals surface area contributed by atoms with Crippen LogP contribution >= 0.6 is 0 Å². The van der Waals surface area contributed by atoms with Crippen LogP contribution in [-0.2, 0) is 9.59 Å². The average Bonchev–Trinajstić information content (AvgIpc) is 2.04. The Morgan fingerprint density at radius 3 is 2.69 bits per heavy atom. The fourth-order valence-corrected chi connectivity index (χ4v) is 0.749. The van der Waals surface area contributed by atoms with Gasteiger partial charge >= 0.3 is 12.2 Å². The van der Waals surface area contributed by atoms with Gasteiger partial charge in [0, 0.05) is 6.42 Å². The lowest BCUT2D eigenvalue weighted by atomic mass is 10.1. The van der Waals surface area contributed by atoms with Crippen LogP contribution in [0.15, 0.2) is 0 Å². The molecule has 72 valence electrons. The smallest absolute Gasteiger partial charge is 0.323 e. The lowest BCUT2D eigenvalue weighted by Crippen LogP contribution is -2.29. The first-order valence-corrected chi connectivity index (χ1v) is 3.76. The molecule has 0 aliphatic carbocycles. The van der Waals surface area contributed by atoms with Crippen molar-refractivity contribution in [2.75, 3.05) is 0 Å². The second kappa shape index (κ2) is 6.05. The third-order valence-electron chi connectivity index (χ3n) is 1.46. The third-order valence-corrected chi connectivity index (χ3v) is 1.46. The number of carbonyl (C=O) groups excluding carboxylic acids is 1. The van der Waals surface area contributed by atoms with Crippen LogP contribution in [0, 0.1) is 0 Å². The fourth-order valence-electron chi connectivity index (χ4n) is 0.749. The molecule has 13 heavy (non-hydrogen) atoms. The Balaban J connectivity index is 3.62. The summed E-state index contributed by atoms with van der Waals surface area (Å²) in [6.07, 6.45) is 1.54. The standard InChI is InChI=1S/C7H11N3O3/c8-6(7(12)13)3-1-2-5(11)4-10-9/h4,6H,1-3,8H2,(H,12,13)/t6-/m0/s1. The van der Waals surface area contributed by atoms with E-state index >= 15 is 0 Å². The van der Waals surface area contributed by atoms with Gasteiger partial charge in [0.15, 0.2) is 0 Å². The van der Waals surface area contributed by atoms with E-state index in [0.29, 0.717) is 6.42 Å². The summed E-state index contributed by atoms with van der Waals surface area (Å²) in [5.74, 6) is -1.43. The first kappa shape index (κ1) is 11.5. The highest BCUT2D eigenvalue weighted by molar-refractivity contribution is 6.25. The maximum absolute atomic E-state index is 10.7. The molecule has 0 aromatic carbocycles. The van der Waals surface area contributed by atoms with Gasteiger partial charge in [-0.05, 0) is 12.8 Å². The Bertz CT molecular complexity index is 245. The van der Waals surface area contributed by atoms with Crippen LogP contribution in [0.2, 0.25) is 0 Å². The molecule has 0 unspecified atom stereocenters. The van der Waals surface area contributed by atoms with E-state index in [4.69, 9.17) is 16.4 Å². The normalized spacial score (nSPS) is 11.5. The van der Waals surface area contributed by atoms with Crippen LogP contribution in [0.25, 0.3) is 5.53 Å². The minimum absolute atomic E-state index is 0.144. The van der Waals surface area contributed by atoms with E-state index in [0.717, 1.165) is 6.21 Å². The number of nitrogens with two attached hydrogens (primary N) is 1. The number of carboxylic acids is 1. The summed E-state index contributed by atoms with van der Waals surface area (Å²) in [7, 11) is 0. The van der Waals surface area contributed by atoms with Gasteiger partial charge in [-0.2, -0.15) is 4.79 Å². The SMILES string of the molecule is [N-]=[N+]=CC(=O)CCC[C@H](N)C(=O)O.